The molecule has 1 rings (SSSR count). The molecule has 0 aliphatic rings. The molecule has 1 nitrogen and oxygen atoms in total. The molecule has 14 heavy (non-hydrogen) atoms. The summed E-state index contributed by atoms with van der Waals surface area (Å²) in [5, 5.41) is 0. The minimum atomic E-state index is 1.04. The lowest BCUT2D eigenvalue weighted by atomic mass is 10.2. The monoisotopic (exact) mass is 193 g/mol. The highest BCUT2D eigenvalue weighted by Gasteiger charge is 1.91. The molecule has 1 heterocycles. The highest BCUT2D eigenvalue weighted by atomic mass is 14.7. The van der Waals surface area contributed by atoms with Gasteiger partial charge in [0.2, 0.25) is 0 Å². The van der Waals surface area contributed by atoms with Gasteiger partial charge in [-0.3, -0.25) is 4.98 Å². The molecule has 0 radical (unpaired) electrons. The van der Waals surface area contributed by atoms with E-state index in [0.717, 1.165) is 12.8 Å². The van der Waals surface area contributed by atoms with Crippen molar-refractivity contribution in [3.63, 3.8) is 0 Å². The SMILES string of the molecule is CCCC.CCc1cccc(CC)n1. The van der Waals surface area contributed by atoms with E-state index < -0.39 is 0 Å². The summed E-state index contributed by atoms with van der Waals surface area (Å²) in [6.45, 7) is 8.61. The minimum absolute atomic E-state index is 1.04. The Kier molecular flexibility index (Phi) is 8.20. The van der Waals surface area contributed by atoms with Crippen LogP contribution in [-0.2, 0) is 12.8 Å². The van der Waals surface area contributed by atoms with Gasteiger partial charge in [-0.1, -0.05) is 46.6 Å². The molecular weight excluding hydrogens is 170 g/mol. The zero-order valence-corrected chi connectivity index (χ0v) is 10.0. The van der Waals surface area contributed by atoms with Gasteiger partial charge in [-0.2, -0.15) is 0 Å². The molecule has 1 aromatic heterocycles. The Hall–Kier alpha value is -0.850. The Morgan fingerprint density at radius 2 is 1.29 bits per heavy atom. The molecule has 0 spiro atoms. The molecule has 0 amide bonds. The second-order valence-corrected chi connectivity index (χ2v) is 3.33. The van der Waals surface area contributed by atoms with Gasteiger partial charge in [0.15, 0.2) is 0 Å². The number of hydrogen-bond acceptors (Lipinski definition) is 1. The molecule has 0 aliphatic carbocycles. The number of unbranched alkanes of at least 4 members (excludes halogenated alkanes) is 1. The smallest absolute Gasteiger partial charge is 0.0404 e. The maximum absolute atomic E-state index is 4.41. The number of aromatic nitrogens is 1. The fourth-order valence-electron chi connectivity index (χ4n) is 0.923. The number of aryl methyl sites for hydroxylation is 2. The molecule has 0 saturated carbocycles. The van der Waals surface area contributed by atoms with Gasteiger partial charge < -0.3 is 0 Å². The fourth-order valence-corrected chi connectivity index (χ4v) is 0.923. The maximum Gasteiger partial charge on any atom is 0.0404 e. The first-order chi connectivity index (χ1) is 6.78. The first-order valence-corrected chi connectivity index (χ1v) is 5.73. The standard InChI is InChI=1S/C9H13N.C4H10/c1-3-8-6-5-7-9(4-2)10-8;1-3-4-2/h5-7H,3-4H2,1-2H3;3-4H2,1-2H3. The average Bonchev–Trinajstić information content (AvgIpc) is 2.29. The first-order valence-electron chi connectivity index (χ1n) is 5.73. The van der Waals surface area contributed by atoms with Gasteiger partial charge in [0.1, 0.15) is 0 Å². The molecule has 0 N–H and O–H groups in total. The Morgan fingerprint density at radius 1 is 0.857 bits per heavy atom. The summed E-state index contributed by atoms with van der Waals surface area (Å²) in [5.41, 5.74) is 2.39. The van der Waals surface area contributed by atoms with Crippen LogP contribution in [0.3, 0.4) is 0 Å². The zero-order chi connectivity index (χ0) is 10.8. The van der Waals surface area contributed by atoms with Crippen molar-refractivity contribution in [2.45, 2.75) is 53.4 Å². The van der Waals surface area contributed by atoms with Crippen LogP contribution < -0.4 is 0 Å². The predicted octanol–water partition coefficient (Wildman–Crippen LogP) is 4.01. The van der Waals surface area contributed by atoms with E-state index in [9.17, 15) is 0 Å². The van der Waals surface area contributed by atoms with E-state index >= 15 is 0 Å². The van der Waals surface area contributed by atoms with E-state index in [1.807, 2.05) is 0 Å². The van der Waals surface area contributed by atoms with E-state index in [1.165, 1.54) is 24.2 Å². The van der Waals surface area contributed by atoms with Crippen LogP contribution in [-0.4, -0.2) is 4.98 Å². The van der Waals surface area contributed by atoms with Gasteiger partial charge in [0.25, 0.3) is 0 Å². The molecule has 0 aromatic carbocycles. The van der Waals surface area contributed by atoms with Crippen LogP contribution >= 0.6 is 0 Å². The van der Waals surface area contributed by atoms with Crippen molar-refractivity contribution in [2.75, 3.05) is 0 Å². The molecule has 0 saturated heterocycles. The van der Waals surface area contributed by atoms with Crippen molar-refractivity contribution >= 4 is 0 Å². The van der Waals surface area contributed by atoms with E-state index in [1.54, 1.807) is 0 Å². The van der Waals surface area contributed by atoms with Crippen molar-refractivity contribution in [3.05, 3.63) is 29.6 Å². The third-order valence-electron chi connectivity index (χ3n) is 2.09. The van der Waals surface area contributed by atoms with Crippen LogP contribution in [0.2, 0.25) is 0 Å². The van der Waals surface area contributed by atoms with Gasteiger partial charge >= 0.3 is 0 Å². The molecule has 0 bridgehead atoms. The largest absolute Gasteiger partial charge is 0.258 e. The van der Waals surface area contributed by atoms with Crippen molar-refractivity contribution in [2.24, 2.45) is 0 Å². The quantitative estimate of drug-likeness (QED) is 0.706. The third kappa shape index (κ3) is 5.74. The Morgan fingerprint density at radius 3 is 1.57 bits per heavy atom. The normalized spacial score (nSPS) is 9.14. The lowest BCUT2D eigenvalue weighted by Gasteiger charge is -1.97. The third-order valence-corrected chi connectivity index (χ3v) is 2.09. The highest BCUT2D eigenvalue weighted by Crippen LogP contribution is 1.99. The van der Waals surface area contributed by atoms with Crippen LogP contribution in [0.25, 0.3) is 0 Å². The summed E-state index contributed by atoms with van der Waals surface area (Å²) >= 11 is 0. The molecule has 0 atom stereocenters. The number of pyridine rings is 1. The molecule has 0 unspecified atom stereocenters. The lowest BCUT2D eigenvalue weighted by Crippen LogP contribution is -1.91. The van der Waals surface area contributed by atoms with Gasteiger partial charge in [-0.25, -0.2) is 0 Å². The first kappa shape index (κ1) is 13.2. The number of hydrogen-bond donors (Lipinski definition) is 0. The molecule has 1 aromatic rings. The molecule has 80 valence electrons. The van der Waals surface area contributed by atoms with E-state index in [-0.39, 0.29) is 0 Å². The Labute approximate surface area is 88.6 Å². The lowest BCUT2D eigenvalue weighted by molar-refractivity contribution is 0.886. The van der Waals surface area contributed by atoms with E-state index in [0.29, 0.717) is 0 Å². The van der Waals surface area contributed by atoms with Gasteiger partial charge in [-0.05, 0) is 25.0 Å². The van der Waals surface area contributed by atoms with Gasteiger partial charge in [0, 0.05) is 11.4 Å². The highest BCUT2D eigenvalue weighted by molar-refractivity contribution is 5.10. The Bertz CT molecular complexity index is 209. The summed E-state index contributed by atoms with van der Waals surface area (Å²) in [6.07, 6.45) is 4.71. The second-order valence-electron chi connectivity index (χ2n) is 3.33. The van der Waals surface area contributed by atoms with Crippen LogP contribution in [0.15, 0.2) is 18.2 Å². The topological polar surface area (TPSA) is 12.9 Å². The van der Waals surface area contributed by atoms with Crippen LogP contribution in [0.1, 0.15) is 51.9 Å². The average molecular weight is 193 g/mol. The van der Waals surface area contributed by atoms with Crippen LogP contribution in [0.5, 0.6) is 0 Å². The second kappa shape index (κ2) is 8.74. The summed E-state index contributed by atoms with van der Waals surface area (Å²) < 4.78 is 0. The zero-order valence-electron chi connectivity index (χ0n) is 10.0. The number of nitrogens with zero attached hydrogens (tertiary/aromatic N) is 1. The molecule has 0 aliphatic heterocycles. The Balaban J connectivity index is 0.000000364. The maximum atomic E-state index is 4.41. The van der Waals surface area contributed by atoms with Gasteiger partial charge in [-0.15, -0.1) is 0 Å². The van der Waals surface area contributed by atoms with Crippen LogP contribution in [0.4, 0.5) is 0 Å². The van der Waals surface area contributed by atoms with Crippen molar-refractivity contribution in [3.8, 4) is 0 Å². The predicted molar refractivity (Wildman–Crippen MR) is 63.6 cm³/mol. The summed E-state index contributed by atoms with van der Waals surface area (Å²) in [4.78, 5) is 4.41. The summed E-state index contributed by atoms with van der Waals surface area (Å²) in [5.74, 6) is 0. The van der Waals surface area contributed by atoms with Crippen molar-refractivity contribution in [1.82, 2.24) is 4.98 Å². The fraction of sp³-hybridized carbons (Fsp3) is 0.615. The molecule has 1 heteroatoms. The summed E-state index contributed by atoms with van der Waals surface area (Å²) in [7, 11) is 0. The van der Waals surface area contributed by atoms with Crippen molar-refractivity contribution in [1.29, 1.82) is 0 Å². The minimum Gasteiger partial charge on any atom is -0.258 e. The number of rotatable bonds is 3. The van der Waals surface area contributed by atoms with E-state index in [2.05, 4.69) is 50.9 Å². The molecule has 0 fully saturated rings. The van der Waals surface area contributed by atoms with Crippen molar-refractivity contribution < 1.29 is 0 Å². The van der Waals surface area contributed by atoms with E-state index in [4.69, 9.17) is 0 Å². The van der Waals surface area contributed by atoms with Crippen LogP contribution in [0, 0.1) is 0 Å². The summed E-state index contributed by atoms with van der Waals surface area (Å²) in [6, 6.07) is 6.21. The molecular formula is C13H23N. The van der Waals surface area contributed by atoms with Gasteiger partial charge in [0.05, 0.1) is 0 Å².